The number of methoxy groups -OCH3 is 1. The molecule has 27 heavy (non-hydrogen) atoms. The van der Waals surface area contributed by atoms with Gasteiger partial charge in [-0.2, -0.15) is 0 Å². The number of halogens is 2. The van der Waals surface area contributed by atoms with Gasteiger partial charge in [0.15, 0.2) is 5.75 Å². The summed E-state index contributed by atoms with van der Waals surface area (Å²) >= 11 is 12.5. The Balaban J connectivity index is 1.36. The Labute approximate surface area is 169 Å². The minimum absolute atomic E-state index is 0.142. The third-order valence-corrected chi connectivity index (χ3v) is 6.04. The van der Waals surface area contributed by atoms with Crippen LogP contribution in [0.2, 0.25) is 10.0 Å². The zero-order valence-corrected chi connectivity index (χ0v) is 16.7. The van der Waals surface area contributed by atoms with Crippen molar-refractivity contribution in [1.82, 2.24) is 4.90 Å². The molecule has 2 aromatic rings. The van der Waals surface area contributed by atoms with Crippen LogP contribution in [-0.2, 0) is 4.79 Å². The first-order chi connectivity index (χ1) is 13.1. The minimum Gasteiger partial charge on any atom is -0.494 e. The summed E-state index contributed by atoms with van der Waals surface area (Å²) in [5.41, 5.74) is 2.24. The average Bonchev–Trinajstić information content (AvgIpc) is 3.49. The minimum atomic E-state index is 0.142. The van der Waals surface area contributed by atoms with Crippen molar-refractivity contribution < 1.29 is 9.53 Å². The highest BCUT2D eigenvalue weighted by molar-refractivity contribution is 6.37. The number of hydrogen-bond acceptors (Lipinski definition) is 3. The lowest BCUT2D eigenvalue weighted by molar-refractivity contribution is -0.132. The Morgan fingerprint density at radius 3 is 2.26 bits per heavy atom. The number of benzene rings is 2. The molecule has 142 valence electrons. The molecule has 1 saturated carbocycles. The fourth-order valence-corrected chi connectivity index (χ4v) is 4.51. The van der Waals surface area contributed by atoms with Gasteiger partial charge in [-0.05, 0) is 30.0 Å². The largest absolute Gasteiger partial charge is 0.494 e. The van der Waals surface area contributed by atoms with E-state index in [-0.39, 0.29) is 11.8 Å². The average molecular weight is 405 g/mol. The Morgan fingerprint density at radius 1 is 1.04 bits per heavy atom. The van der Waals surface area contributed by atoms with Crippen LogP contribution in [0.25, 0.3) is 0 Å². The van der Waals surface area contributed by atoms with Gasteiger partial charge in [-0.15, -0.1) is 0 Å². The van der Waals surface area contributed by atoms with Crippen LogP contribution in [0, 0.1) is 5.92 Å². The van der Waals surface area contributed by atoms with Gasteiger partial charge in [-0.3, -0.25) is 4.79 Å². The van der Waals surface area contributed by atoms with Crippen LogP contribution < -0.4 is 9.64 Å². The summed E-state index contributed by atoms with van der Waals surface area (Å²) in [6.07, 6.45) is 0.965. The van der Waals surface area contributed by atoms with E-state index in [2.05, 4.69) is 17.0 Å². The van der Waals surface area contributed by atoms with Crippen molar-refractivity contribution >= 4 is 34.8 Å². The molecule has 1 amide bonds. The van der Waals surface area contributed by atoms with Crippen LogP contribution in [0.5, 0.6) is 5.75 Å². The number of hydrogen-bond donors (Lipinski definition) is 0. The molecule has 2 atom stereocenters. The van der Waals surface area contributed by atoms with E-state index >= 15 is 0 Å². The molecule has 0 spiro atoms. The highest BCUT2D eigenvalue weighted by Crippen LogP contribution is 2.48. The molecule has 6 heteroatoms. The molecule has 0 unspecified atom stereocenters. The van der Waals surface area contributed by atoms with Crippen LogP contribution in [0.1, 0.15) is 17.9 Å². The third kappa shape index (κ3) is 3.74. The zero-order valence-electron chi connectivity index (χ0n) is 15.2. The maximum atomic E-state index is 12.8. The van der Waals surface area contributed by atoms with Gasteiger partial charge in [0, 0.05) is 37.8 Å². The van der Waals surface area contributed by atoms with Gasteiger partial charge >= 0.3 is 0 Å². The van der Waals surface area contributed by atoms with E-state index in [1.807, 2.05) is 35.2 Å². The number of anilines is 1. The number of piperazine rings is 1. The van der Waals surface area contributed by atoms with Gasteiger partial charge in [0.1, 0.15) is 0 Å². The second kappa shape index (κ2) is 7.61. The summed E-state index contributed by atoms with van der Waals surface area (Å²) in [4.78, 5) is 17.0. The van der Waals surface area contributed by atoms with Gasteiger partial charge < -0.3 is 14.5 Å². The molecule has 2 aromatic carbocycles. The number of carbonyl (C=O) groups excluding carboxylic acids is 1. The first-order valence-corrected chi connectivity index (χ1v) is 9.96. The second-order valence-electron chi connectivity index (χ2n) is 7.11. The molecule has 1 heterocycles. The Kier molecular flexibility index (Phi) is 5.20. The van der Waals surface area contributed by atoms with E-state index in [0.29, 0.717) is 21.7 Å². The lowest BCUT2D eigenvalue weighted by atomic mass is 10.1. The first-order valence-electron chi connectivity index (χ1n) is 9.20. The van der Waals surface area contributed by atoms with Crippen LogP contribution in [0.15, 0.2) is 42.5 Å². The topological polar surface area (TPSA) is 32.8 Å². The highest BCUT2D eigenvalue weighted by Gasteiger charge is 2.46. The van der Waals surface area contributed by atoms with E-state index in [9.17, 15) is 4.79 Å². The SMILES string of the molecule is COc1c(Cl)cc(N2CCN(C(=O)[C@H]3C[C@@H]3c3ccccc3)CC2)cc1Cl. The van der Waals surface area contributed by atoms with Gasteiger partial charge in [-0.1, -0.05) is 53.5 Å². The van der Waals surface area contributed by atoms with Crippen LogP contribution in [0.4, 0.5) is 5.69 Å². The van der Waals surface area contributed by atoms with Gasteiger partial charge in [0.05, 0.1) is 17.2 Å². The molecule has 1 saturated heterocycles. The van der Waals surface area contributed by atoms with Crippen molar-refractivity contribution in [2.24, 2.45) is 5.92 Å². The Bertz CT molecular complexity index is 812. The van der Waals surface area contributed by atoms with Gasteiger partial charge in [0.25, 0.3) is 0 Å². The lowest BCUT2D eigenvalue weighted by Crippen LogP contribution is -2.49. The molecule has 2 fully saturated rings. The molecule has 4 nitrogen and oxygen atoms in total. The molecular formula is C21H22Cl2N2O2. The standard InChI is InChI=1S/C21H22Cl2N2O2/c1-27-20-18(22)11-15(12-19(20)23)24-7-9-25(10-8-24)21(26)17-13-16(17)14-5-3-2-4-6-14/h2-6,11-12,16-17H,7-10,13H2,1H3/t16-,17+/m1/s1. The number of rotatable bonds is 4. The second-order valence-corrected chi connectivity index (χ2v) is 7.93. The molecule has 4 rings (SSSR count). The molecule has 0 radical (unpaired) electrons. The molecule has 1 aliphatic carbocycles. The van der Waals surface area contributed by atoms with Crippen molar-refractivity contribution in [3.05, 3.63) is 58.1 Å². The molecule has 0 N–H and O–H groups in total. The predicted octanol–water partition coefficient (Wildman–Crippen LogP) is 4.45. The summed E-state index contributed by atoms with van der Waals surface area (Å²) in [6.45, 7) is 2.98. The summed E-state index contributed by atoms with van der Waals surface area (Å²) in [7, 11) is 1.55. The predicted molar refractivity (Wildman–Crippen MR) is 109 cm³/mol. The Hall–Kier alpha value is -1.91. The molecule has 0 bridgehead atoms. The maximum absolute atomic E-state index is 12.8. The molecular weight excluding hydrogens is 383 g/mol. The van der Waals surface area contributed by atoms with Crippen LogP contribution in [-0.4, -0.2) is 44.1 Å². The highest BCUT2D eigenvalue weighted by atomic mass is 35.5. The number of nitrogens with zero attached hydrogens (tertiary/aromatic N) is 2. The number of carbonyl (C=O) groups is 1. The van der Waals surface area contributed by atoms with Crippen LogP contribution in [0.3, 0.4) is 0 Å². The first kappa shape index (κ1) is 18.5. The molecule has 2 aliphatic rings. The Morgan fingerprint density at radius 2 is 1.67 bits per heavy atom. The summed E-state index contributed by atoms with van der Waals surface area (Å²) in [5, 5.41) is 1.00. The van der Waals surface area contributed by atoms with Crippen molar-refractivity contribution in [2.75, 3.05) is 38.2 Å². The van der Waals surface area contributed by atoms with E-state index in [1.165, 1.54) is 5.56 Å². The van der Waals surface area contributed by atoms with E-state index in [4.69, 9.17) is 27.9 Å². The monoisotopic (exact) mass is 404 g/mol. The van der Waals surface area contributed by atoms with E-state index in [1.54, 1.807) is 7.11 Å². The maximum Gasteiger partial charge on any atom is 0.226 e. The lowest BCUT2D eigenvalue weighted by Gasteiger charge is -2.36. The zero-order chi connectivity index (χ0) is 19.0. The smallest absolute Gasteiger partial charge is 0.226 e. The fourth-order valence-electron chi connectivity index (χ4n) is 3.88. The normalized spacial score (nSPS) is 21.9. The van der Waals surface area contributed by atoms with Crippen molar-refractivity contribution in [3.63, 3.8) is 0 Å². The quantitative estimate of drug-likeness (QED) is 0.754. The fraction of sp³-hybridized carbons (Fsp3) is 0.381. The number of amides is 1. The van der Waals surface area contributed by atoms with E-state index < -0.39 is 0 Å². The van der Waals surface area contributed by atoms with Gasteiger partial charge in [-0.25, -0.2) is 0 Å². The summed E-state index contributed by atoms with van der Waals surface area (Å²) < 4.78 is 5.21. The third-order valence-electron chi connectivity index (χ3n) is 5.48. The summed E-state index contributed by atoms with van der Waals surface area (Å²) in [6, 6.07) is 14.1. The van der Waals surface area contributed by atoms with Gasteiger partial charge in [0.2, 0.25) is 5.91 Å². The van der Waals surface area contributed by atoms with Crippen molar-refractivity contribution in [3.8, 4) is 5.75 Å². The summed E-state index contributed by atoms with van der Waals surface area (Å²) in [5.74, 6) is 1.31. The molecule has 1 aliphatic heterocycles. The number of ether oxygens (including phenoxy) is 1. The van der Waals surface area contributed by atoms with Crippen molar-refractivity contribution in [2.45, 2.75) is 12.3 Å². The van der Waals surface area contributed by atoms with Crippen LogP contribution >= 0.6 is 23.2 Å². The molecule has 0 aromatic heterocycles. The van der Waals surface area contributed by atoms with E-state index in [0.717, 1.165) is 38.3 Å². The van der Waals surface area contributed by atoms with Crippen molar-refractivity contribution in [1.29, 1.82) is 0 Å².